The Balaban J connectivity index is 1.96. The van der Waals surface area contributed by atoms with E-state index < -0.39 is 0 Å². The van der Waals surface area contributed by atoms with Crippen LogP contribution in [0.5, 0.6) is 5.75 Å². The molecule has 0 saturated carbocycles. The van der Waals surface area contributed by atoms with E-state index >= 15 is 0 Å². The van der Waals surface area contributed by atoms with Crippen molar-refractivity contribution in [2.24, 2.45) is 5.41 Å². The fraction of sp³-hybridized carbons (Fsp3) is 0.414. The molecule has 0 aliphatic heterocycles. The third-order valence-corrected chi connectivity index (χ3v) is 5.85. The van der Waals surface area contributed by atoms with Gasteiger partial charge in [0.15, 0.2) is 0 Å². The Labute approximate surface area is 214 Å². The summed E-state index contributed by atoms with van der Waals surface area (Å²) in [5.41, 5.74) is 3.24. The molecule has 1 heterocycles. The zero-order valence-corrected chi connectivity index (χ0v) is 22.3. The van der Waals surface area contributed by atoms with Crippen LogP contribution in [0.25, 0.3) is 16.8 Å². The standard InChI is InChI=1S/C29H38N4O3/c1-7-8-18-32(26(35)19-29(3,4)5)20-25(34)30-28-27(22-12-10-9-11-13-22)21(2)31-33(28)23-14-16-24(36-6)17-15-23/h9-17H,7-8,18-20H2,1-6H3,(H,30,34). The highest BCUT2D eigenvalue weighted by molar-refractivity contribution is 5.98. The zero-order chi connectivity index (χ0) is 26.3. The molecule has 0 atom stereocenters. The van der Waals surface area contributed by atoms with Crippen LogP contribution in [-0.2, 0) is 9.59 Å². The number of hydrogen-bond donors (Lipinski definition) is 1. The van der Waals surface area contributed by atoms with Crippen LogP contribution in [0.1, 0.15) is 52.7 Å². The van der Waals surface area contributed by atoms with Crippen molar-refractivity contribution in [3.63, 3.8) is 0 Å². The Morgan fingerprint density at radius 2 is 1.72 bits per heavy atom. The Kier molecular flexibility index (Phi) is 8.91. The van der Waals surface area contributed by atoms with Gasteiger partial charge in [0, 0.05) is 18.5 Å². The first-order valence-electron chi connectivity index (χ1n) is 12.5. The van der Waals surface area contributed by atoms with E-state index in [4.69, 9.17) is 9.84 Å². The molecule has 0 saturated heterocycles. The Morgan fingerprint density at radius 3 is 2.31 bits per heavy atom. The molecule has 0 aliphatic rings. The molecule has 1 aromatic heterocycles. The average molecular weight is 491 g/mol. The number of carbonyl (C=O) groups is 2. The predicted octanol–water partition coefficient (Wildman–Crippen LogP) is 5.86. The lowest BCUT2D eigenvalue weighted by atomic mass is 9.91. The molecule has 192 valence electrons. The molecule has 0 radical (unpaired) electrons. The quantitative estimate of drug-likeness (QED) is 0.386. The van der Waals surface area contributed by atoms with Gasteiger partial charge in [0.25, 0.3) is 0 Å². The summed E-state index contributed by atoms with van der Waals surface area (Å²) in [4.78, 5) is 28.1. The lowest BCUT2D eigenvalue weighted by Gasteiger charge is -2.26. The van der Waals surface area contributed by atoms with Crippen LogP contribution in [0.3, 0.4) is 0 Å². The van der Waals surface area contributed by atoms with Crippen molar-refractivity contribution >= 4 is 17.6 Å². The summed E-state index contributed by atoms with van der Waals surface area (Å²) in [5, 5.41) is 7.85. The van der Waals surface area contributed by atoms with Crippen LogP contribution in [0, 0.1) is 12.3 Å². The maximum atomic E-state index is 13.4. The van der Waals surface area contributed by atoms with Gasteiger partial charge in [-0.1, -0.05) is 64.4 Å². The molecular formula is C29H38N4O3. The summed E-state index contributed by atoms with van der Waals surface area (Å²) in [6.45, 7) is 10.7. The largest absolute Gasteiger partial charge is 0.497 e. The van der Waals surface area contributed by atoms with E-state index in [0.29, 0.717) is 18.8 Å². The first-order valence-corrected chi connectivity index (χ1v) is 12.5. The number of anilines is 1. The third-order valence-electron chi connectivity index (χ3n) is 5.85. The van der Waals surface area contributed by atoms with Crippen molar-refractivity contribution in [2.45, 2.75) is 53.9 Å². The molecule has 3 aromatic rings. The second-order valence-electron chi connectivity index (χ2n) is 10.2. The summed E-state index contributed by atoms with van der Waals surface area (Å²) in [6, 6.07) is 17.4. The number of ether oxygens (including phenoxy) is 1. The van der Waals surface area contributed by atoms with E-state index in [0.717, 1.165) is 41.1 Å². The lowest BCUT2D eigenvalue weighted by Crippen LogP contribution is -2.40. The van der Waals surface area contributed by atoms with Gasteiger partial charge in [-0.2, -0.15) is 5.10 Å². The molecule has 0 fully saturated rings. The number of aryl methyl sites for hydroxylation is 1. The maximum absolute atomic E-state index is 13.4. The SMILES string of the molecule is CCCCN(CC(=O)Nc1c(-c2ccccc2)c(C)nn1-c1ccc(OC)cc1)C(=O)CC(C)(C)C. The van der Waals surface area contributed by atoms with Crippen LogP contribution in [-0.4, -0.2) is 46.7 Å². The second kappa shape index (κ2) is 11.9. The average Bonchev–Trinajstić information content (AvgIpc) is 3.16. The topological polar surface area (TPSA) is 76.5 Å². The number of rotatable bonds is 10. The smallest absolute Gasteiger partial charge is 0.245 e. The van der Waals surface area contributed by atoms with Gasteiger partial charge < -0.3 is 15.0 Å². The lowest BCUT2D eigenvalue weighted by molar-refractivity contribution is -0.136. The minimum atomic E-state index is -0.250. The number of nitrogens with zero attached hydrogens (tertiary/aromatic N) is 3. The molecule has 2 amide bonds. The van der Waals surface area contributed by atoms with Crippen molar-refractivity contribution in [1.82, 2.24) is 14.7 Å². The van der Waals surface area contributed by atoms with Gasteiger partial charge in [-0.25, -0.2) is 4.68 Å². The number of carbonyl (C=O) groups excluding carboxylic acids is 2. The summed E-state index contributed by atoms with van der Waals surface area (Å²) >= 11 is 0. The van der Waals surface area contributed by atoms with Gasteiger partial charge in [0.05, 0.1) is 25.0 Å². The molecule has 0 aliphatic carbocycles. The summed E-state index contributed by atoms with van der Waals surface area (Å²) < 4.78 is 7.03. The highest BCUT2D eigenvalue weighted by atomic mass is 16.5. The van der Waals surface area contributed by atoms with Gasteiger partial charge >= 0.3 is 0 Å². The number of amides is 2. The number of methoxy groups -OCH3 is 1. The molecule has 36 heavy (non-hydrogen) atoms. The van der Waals surface area contributed by atoms with E-state index in [2.05, 4.69) is 12.2 Å². The molecule has 1 N–H and O–H groups in total. The molecular weight excluding hydrogens is 452 g/mol. The number of hydrogen-bond acceptors (Lipinski definition) is 4. The van der Waals surface area contributed by atoms with Crippen LogP contribution in [0.4, 0.5) is 5.82 Å². The van der Waals surface area contributed by atoms with Gasteiger partial charge in [-0.05, 0) is 48.6 Å². The summed E-state index contributed by atoms with van der Waals surface area (Å²) in [6.07, 6.45) is 2.19. The van der Waals surface area contributed by atoms with Gasteiger partial charge in [-0.15, -0.1) is 0 Å². The Bertz CT molecular complexity index is 1160. The molecule has 0 bridgehead atoms. The van der Waals surface area contributed by atoms with E-state index in [1.807, 2.05) is 82.3 Å². The highest BCUT2D eigenvalue weighted by Crippen LogP contribution is 2.33. The number of benzene rings is 2. The van der Waals surface area contributed by atoms with Crippen molar-refractivity contribution in [2.75, 3.05) is 25.5 Å². The fourth-order valence-electron chi connectivity index (χ4n) is 4.05. The van der Waals surface area contributed by atoms with Crippen molar-refractivity contribution in [1.29, 1.82) is 0 Å². The highest BCUT2D eigenvalue weighted by Gasteiger charge is 2.25. The fourth-order valence-corrected chi connectivity index (χ4v) is 4.05. The minimum absolute atomic E-state index is 0.00398. The minimum Gasteiger partial charge on any atom is -0.497 e. The summed E-state index contributed by atoms with van der Waals surface area (Å²) in [7, 11) is 1.62. The van der Waals surface area contributed by atoms with Gasteiger partial charge in [0.1, 0.15) is 11.6 Å². The number of aromatic nitrogens is 2. The molecule has 7 heteroatoms. The van der Waals surface area contributed by atoms with E-state index in [1.54, 1.807) is 16.7 Å². The maximum Gasteiger partial charge on any atom is 0.245 e. The van der Waals surface area contributed by atoms with E-state index in [9.17, 15) is 9.59 Å². The van der Waals surface area contributed by atoms with Crippen molar-refractivity contribution in [3.05, 3.63) is 60.3 Å². The second-order valence-corrected chi connectivity index (χ2v) is 10.2. The zero-order valence-electron chi connectivity index (χ0n) is 22.3. The first-order chi connectivity index (χ1) is 17.1. The van der Waals surface area contributed by atoms with Gasteiger partial charge in [0.2, 0.25) is 11.8 Å². The normalized spacial score (nSPS) is 11.3. The monoisotopic (exact) mass is 490 g/mol. The Morgan fingerprint density at radius 1 is 1.06 bits per heavy atom. The molecule has 0 unspecified atom stereocenters. The summed E-state index contributed by atoms with van der Waals surface area (Å²) in [5.74, 6) is 1.06. The molecule has 3 rings (SSSR count). The predicted molar refractivity (Wildman–Crippen MR) is 144 cm³/mol. The third kappa shape index (κ3) is 6.97. The first kappa shape index (κ1) is 27.0. The Hall–Kier alpha value is -3.61. The molecule has 7 nitrogen and oxygen atoms in total. The van der Waals surface area contributed by atoms with Crippen molar-refractivity contribution < 1.29 is 14.3 Å². The molecule has 0 spiro atoms. The number of nitrogens with one attached hydrogen (secondary N) is 1. The van der Waals surface area contributed by atoms with Crippen LogP contribution in [0.2, 0.25) is 0 Å². The van der Waals surface area contributed by atoms with Gasteiger partial charge in [-0.3, -0.25) is 9.59 Å². The van der Waals surface area contributed by atoms with Crippen LogP contribution >= 0.6 is 0 Å². The van der Waals surface area contributed by atoms with Crippen LogP contribution in [0.15, 0.2) is 54.6 Å². The van der Waals surface area contributed by atoms with Crippen molar-refractivity contribution in [3.8, 4) is 22.6 Å². The van der Waals surface area contributed by atoms with E-state index in [1.165, 1.54) is 0 Å². The molecule has 2 aromatic carbocycles. The van der Waals surface area contributed by atoms with Crippen LogP contribution < -0.4 is 10.1 Å². The number of unbranched alkanes of at least 4 members (excludes halogenated alkanes) is 1. The van der Waals surface area contributed by atoms with E-state index in [-0.39, 0.29) is 23.8 Å².